The van der Waals surface area contributed by atoms with Crippen molar-refractivity contribution in [3.05, 3.63) is 120 Å². The topological polar surface area (TPSA) is 71.1 Å². The molecule has 0 spiro atoms. The van der Waals surface area contributed by atoms with Crippen LogP contribution in [0.15, 0.2) is 109 Å². The van der Waals surface area contributed by atoms with Crippen molar-refractivity contribution in [2.24, 2.45) is 0 Å². The maximum Gasteiger partial charge on any atom is 0.373 e. The Morgan fingerprint density at radius 2 is 0.949 bits per heavy atom. The highest BCUT2D eigenvalue weighted by Crippen LogP contribution is 2.21. The summed E-state index contributed by atoms with van der Waals surface area (Å²) in [7, 11) is 0. The van der Waals surface area contributed by atoms with Crippen LogP contribution in [-0.4, -0.2) is 18.2 Å². The van der Waals surface area contributed by atoms with Gasteiger partial charge in [-0.2, -0.15) is 0 Å². The molecular weight excluding hydrogens is 492 g/mol. The molecule has 0 bridgehead atoms. The number of hydrogen-bond donors (Lipinski definition) is 0. The van der Waals surface area contributed by atoms with E-state index in [1.165, 1.54) is 0 Å². The third-order valence-electron chi connectivity index (χ3n) is 6.21. The van der Waals surface area contributed by atoms with E-state index in [0.717, 1.165) is 47.9 Å². The van der Waals surface area contributed by atoms with Gasteiger partial charge in [0.15, 0.2) is 0 Å². The average molecular weight is 525 g/mol. The third kappa shape index (κ3) is 8.37. The summed E-state index contributed by atoms with van der Waals surface area (Å²) in [5, 5.41) is 0. The predicted molar refractivity (Wildman–Crippen MR) is 149 cm³/mol. The molecule has 0 unspecified atom stereocenters. The fraction of sp³-hybridized carbons (Fsp3) is 0.212. The van der Waals surface area contributed by atoms with Gasteiger partial charge in [-0.3, -0.25) is 9.78 Å². The van der Waals surface area contributed by atoms with Gasteiger partial charge >= 0.3 is 11.9 Å². The van der Waals surface area contributed by atoms with Crippen LogP contribution in [0, 0.1) is 0 Å². The van der Waals surface area contributed by atoms with Crippen molar-refractivity contribution in [1.82, 2.24) is 0 Å². The summed E-state index contributed by atoms with van der Waals surface area (Å²) in [5.41, 5.74) is 4.71. The molecule has 0 saturated heterocycles. The molecule has 0 amide bonds. The Bertz CT molecular complexity index is 1200. The molecule has 6 heteroatoms. The Kier molecular flexibility index (Phi) is 10.4. The highest BCUT2D eigenvalue weighted by Gasteiger charge is 2.20. The summed E-state index contributed by atoms with van der Waals surface area (Å²) in [6.45, 7) is 2.11. The lowest BCUT2D eigenvalue weighted by Crippen LogP contribution is -2.22. The molecule has 0 heterocycles. The van der Waals surface area contributed by atoms with E-state index in [2.05, 4.69) is 6.92 Å². The van der Waals surface area contributed by atoms with E-state index in [1.54, 1.807) is 24.3 Å². The lowest BCUT2D eigenvalue weighted by atomic mass is 10.0. The smallest absolute Gasteiger partial charge is 0.290 e. The van der Waals surface area contributed by atoms with Gasteiger partial charge in [0.2, 0.25) is 6.29 Å². The normalized spacial score (nSPS) is 10.8. The number of carbonyl (C=O) groups excluding carboxylic acids is 2. The minimum Gasteiger partial charge on any atom is -0.290 e. The van der Waals surface area contributed by atoms with Gasteiger partial charge in [-0.25, -0.2) is 9.59 Å². The fourth-order valence-corrected chi connectivity index (χ4v) is 4.00. The molecule has 0 N–H and O–H groups in total. The van der Waals surface area contributed by atoms with E-state index in [9.17, 15) is 9.59 Å². The second-order valence-electron chi connectivity index (χ2n) is 9.10. The first kappa shape index (κ1) is 27.8. The van der Waals surface area contributed by atoms with E-state index < -0.39 is 18.2 Å². The van der Waals surface area contributed by atoms with Gasteiger partial charge in [-0.05, 0) is 52.9 Å². The summed E-state index contributed by atoms with van der Waals surface area (Å²) >= 11 is 0. The minimum atomic E-state index is -1.05. The molecule has 0 saturated carbocycles. The Hall–Kier alpha value is -4.26. The van der Waals surface area contributed by atoms with E-state index in [-0.39, 0.29) is 0 Å². The lowest BCUT2D eigenvalue weighted by molar-refractivity contribution is -0.421. The maximum absolute atomic E-state index is 12.6. The standard InChI is InChI=1S/C33H32O6/c1-2-3-4-11-16-31(36-38-32(34)29-21-17-27(18-22-29)25-12-7-5-8-13-25)37-39-33(35)30-23-19-28(20-24-30)26-14-9-6-10-15-26/h5-10,12-15,17-24,31H,2-4,11,16H2,1H3. The summed E-state index contributed by atoms with van der Waals surface area (Å²) < 4.78 is 0. The van der Waals surface area contributed by atoms with Gasteiger partial charge in [0.25, 0.3) is 0 Å². The molecule has 0 aliphatic heterocycles. The number of unbranched alkanes of at least 4 members (excludes halogenated alkanes) is 3. The van der Waals surface area contributed by atoms with Crippen molar-refractivity contribution < 1.29 is 29.1 Å². The maximum atomic E-state index is 12.6. The number of benzene rings is 4. The molecule has 0 fully saturated rings. The lowest BCUT2D eigenvalue weighted by Gasteiger charge is -2.15. The molecule has 4 aromatic carbocycles. The van der Waals surface area contributed by atoms with Crippen LogP contribution in [0.25, 0.3) is 22.3 Å². The highest BCUT2D eigenvalue weighted by atomic mass is 17.3. The first-order chi connectivity index (χ1) is 19.1. The third-order valence-corrected chi connectivity index (χ3v) is 6.21. The number of carbonyl (C=O) groups is 2. The van der Waals surface area contributed by atoms with Crippen molar-refractivity contribution in [3.8, 4) is 22.3 Å². The molecule has 0 aliphatic carbocycles. The van der Waals surface area contributed by atoms with Crippen LogP contribution in [0.5, 0.6) is 0 Å². The first-order valence-corrected chi connectivity index (χ1v) is 13.2. The van der Waals surface area contributed by atoms with Crippen molar-refractivity contribution in [2.45, 2.75) is 45.3 Å². The zero-order valence-corrected chi connectivity index (χ0v) is 22.0. The van der Waals surface area contributed by atoms with Crippen molar-refractivity contribution >= 4 is 11.9 Å². The van der Waals surface area contributed by atoms with Crippen LogP contribution in [-0.2, 0) is 19.6 Å². The quantitative estimate of drug-likeness (QED) is 0.0760. The Morgan fingerprint density at radius 1 is 0.538 bits per heavy atom. The molecule has 4 aromatic rings. The predicted octanol–water partition coefficient (Wildman–Crippen LogP) is 8.19. The molecule has 200 valence electrons. The number of hydrogen-bond acceptors (Lipinski definition) is 6. The zero-order valence-electron chi connectivity index (χ0n) is 22.0. The first-order valence-electron chi connectivity index (χ1n) is 13.2. The SMILES string of the molecule is CCCCCCC(OOC(=O)c1ccc(-c2ccccc2)cc1)OOC(=O)c1ccc(-c2ccccc2)cc1. The van der Waals surface area contributed by atoms with Gasteiger partial charge in [0, 0.05) is 6.42 Å². The summed E-state index contributed by atoms with van der Waals surface area (Å²) in [5.74, 6) is -1.33. The van der Waals surface area contributed by atoms with Crippen LogP contribution in [0.3, 0.4) is 0 Å². The van der Waals surface area contributed by atoms with E-state index in [1.807, 2.05) is 84.9 Å². The molecule has 0 aromatic heterocycles. The van der Waals surface area contributed by atoms with Crippen molar-refractivity contribution in [2.75, 3.05) is 0 Å². The second kappa shape index (κ2) is 14.6. The Morgan fingerprint density at radius 3 is 1.36 bits per heavy atom. The minimum absolute atomic E-state index is 0.329. The van der Waals surface area contributed by atoms with Gasteiger partial charge in [0.05, 0.1) is 11.1 Å². The summed E-state index contributed by atoms with van der Waals surface area (Å²) in [6.07, 6.45) is 3.15. The second-order valence-corrected chi connectivity index (χ2v) is 9.10. The molecule has 0 atom stereocenters. The van der Waals surface area contributed by atoms with Crippen LogP contribution in [0.2, 0.25) is 0 Å². The van der Waals surface area contributed by atoms with Crippen LogP contribution in [0.1, 0.15) is 59.7 Å². The van der Waals surface area contributed by atoms with E-state index >= 15 is 0 Å². The van der Waals surface area contributed by atoms with Crippen molar-refractivity contribution in [1.29, 1.82) is 0 Å². The van der Waals surface area contributed by atoms with Gasteiger partial charge in [-0.15, -0.1) is 9.78 Å². The highest BCUT2D eigenvalue weighted by molar-refractivity contribution is 5.90. The van der Waals surface area contributed by atoms with Crippen molar-refractivity contribution in [3.63, 3.8) is 0 Å². The largest absolute Gasteiger partial charge is 0.373 e. The molecule has 4 rings (SSSR count). The zero-order chi connectivity index (χ0) is 27.3. The molecule has 6 nitrogen and oxygen atoms in total. The molecule has 39 heavy (non-hydrogen) atoms. The van der Waals surface area contributed by atoms with E-state index in [0.29, 0.717) is 17.5 Å². The monoisotopic (exact) mass is 524 g/mol. The Labute approximate surface area is 229 Å². The average Bonchev–Trinajstić information content (AvgIpc) is 3.01. The van der Waals surface area contributed by atoms with Crippen LogP contribution >= 0.6 is 0 Å². The number of rotatable bonds is 13. The van der Waals surface area contributed by atoms with Crippen LogP contribution in [0.4, 0.5) is 0 Å². The van der Waals surface area contributed by atoms with Crippen LogP contribution < -0.4 is 0 Å². The summed E-state index contributed by atoms with van der Waals surface area (Å²) in [4.78, 5) is 45.8. The van der Waals surface area contributed by atoms with E-state index in [4.69, 9.17) is 19.6 Å². The van der Waals surface area contributed by atoms with Gasteiger partial charge in [0.1, 0.15) is 0 Å². The fourth-order valence-electron chi connectivity index (χ4n) is 4.00. The summed E-state index contributed by atoms with van der Waals surface area (Å²) in [6, 6.07) is 33.8. The molecule has 0 aliphatic rings. The molecular formula is C33H32O6. The van der Waals surface area contributed by atoms with Gasteiger partial charge < -0.3 is 0 Å². The Balaban J connectivity index is 1.32. The van der Waals surface area contributed by atoms with Gasteiger partial charge in [-0.1, -0.05) is 111 Å². The molecule has 0 radical (unpaired) electrons.